The predicted molar refractivity (Wildman–Crippen MR) is 85.1 cm³/mol. The van der Waals surface area contributed by atoms with Gasteiger partial charge in [-0.2, -0.15) is 0 Å². The lowest BCUT2D eigenvalue weighted by Crippen LogP contribution is -2.28. The minimum atomic E-state index is 0.218. The summed E-state index contributed by atoms with van der Waals surface area (Å²) in [4.78, 5) is 16.4. The summed E-state index contributed by atoms with van der Waals surface area (Å²) in [5.41, 5.74) is 2.58. The number of rotatable bonds is 4. The van der Waals surface area contributed by atoms with E-state index in [-0.39, 0.29) is 11.3 Å². The minimum absolute atomic E-state index is 0.218. The highest BCUT2D eigenvalue weighted by Crippen LogP contribution is 2.39. The summed E-state index contributed by atoms with van der Waals surface area (Å²) in [6, 6.07) is 8.83. The zero-order valence-corrected chi connectivity index (χ0v) is 12.9. The first-order chi connectivity index (χ1) is 9.79. The van der Waals surface area contributed by atoms with Crippen molar-refractivity contribution >= 4 is 23.4 Å². The van der Waals surface area contributed by atoms with Crippen LogP contribution in [0.1, 0.15) is 37.1 Å². The maximum atomic E-state index is 11.9. The lowest BCUT2D eigenvalue weighted by atomic mass is 10.1. The third-order valence-corrected chi connectivity index (χ3v) is 5.34. The van der Waals surface area contributed by atoms with Crippen LogP contribution >= 0.6 is 11.8 Å². The largest absolute Gasteiger partial charge is 0.372 e. The van der Waals surface area contributed by atoms with Crippen LogP contribution < -0.4 is 4.90 Å². The third kappa shape index (κ3) is 2.66. The normalized spacial score (nSPS) is 22.9. The van der Waals surface area contributed by atoms with Gasteiger partial charge in [0, 0.05) is 25.3 Å². The van der Waals surface area contributed by atoms with Crippen LogP contribution in [0.5, 0.6) is 0 Å². The molecule has 0 N–H and O–H groups in total. The van der Waals surface area contributed by atoms with E-state index in [1.807, 2.05) is 4.90 Å². The summed E-state index contributed by atoms with van der Waals surface area (Å²) in [6.07, 6.45) is 3.63. The Morgan fingerprint density at radius 1 is 1.20 bits per heavy atom. The van der Waals surface area contributed by atoms with Gasteiger partial charge in [-0.3, -0.25) is 4.79 Å². The average Bonchev–Trinajstić information content (AvgIpc) is 3.11. The topological polar surface area (TPSA) is 23.6 Å². The van der Waals surface area contributed by atoms with Crippen molar-refractivity contribution in [1.29, 1.82) is 0 Å². The van der Waals surface area contributed by atoms with E-state index in [1.165, 1.54) is 37.2 Å². The number of carbonyl (C=O) groups excluding carboxylic acids is 1. The second-order valence-corrected chi connectivity index (χ2v) is 6.60. The molecule has 3 nitrogen and oxygen atoms in total. The second kappa shape index (κ2) is 6.08. The van der Waals surface area contributed by atoms with Crippen molar-refractivity contribution in [2.45, 2.75) is 31.6 Å². The molecule has 1 atom stereocenters. The molecular weight excluding hydrogens is 268 g/mol. The smallest absolute Gasteiger partial charge is 0.233 e. The Morgan fingerprint density at radius 2 is 1.90 bits per heavy atom. The fourth-order valence-electron chi connectivity index (χ4n) is 3.04. The van der Waals surface area contributed by atoms with Crippen LogP contribution in [0, 0.1) is 0 Å². The van der Waals surface area contributed by atoms with Crippen molar-refractivity contribution in [2.75, 3.05) is 30.3 Å². The SMILES string of the molecule is CCCN1C(=O)CSC1c1ccc(N2CCCC2)cc1. The summed E-state index contributed by atoms with van der Waals surface area (Å²) in [6.45, 7) is 5.35. The zero-order chi connectivity index (χ0) is 13.9. The minimum Gasteiger partial charge on any atom is -0.372 e. The van der Waals surface area contributed by atoms with Crippen molar-refractivity contribution in [2.24, 2.45) is 0 Å². The molecule has 0 aromatic heterocycles. The Kier molecular flexibility index (Phi) is 4.20. The number of anilines is 1. The molecule has 2 aliphatic heterocycles. The Balaban J connectivity index is 1.75. The first kappa shape index (κ1) is 13.8. The molecule has 2 saturated heterocycles. The Labute approximate surface area is 125 Å². The van der Waals surface area contributed by atoms with Crippen LogP contribution in [0.25, 0.3) is 0 Å². The summed E-state index contributed by atoms with van der Waals surface area (Å²) >= 11 is 1.75. The van der Waals surface area contributed by atoms with E-state index in [2.05, 4.69) is 36.1 Å². The first-order valence-corrected chi connectivity index (χ1v) is 8.60. The number of benzene rings is 1. The number of nitrogens with zero attached hydrogens (tertiary/aromatic N) is 2. The molecule has 0 saturated carbocycles. The summed E-state index contributed by atoms with van der Waals surface area (Å²) in [5, 5.41) is 0.218. The summed E-state index contributed by atoms with van der Waals surface area (Å²) in [7, 11) is 0. The van der Waals surface area contributed by atoms with Gasteiger partial charge < -0.3 is 9.80 Å². The zero-order valence-electron chi connectivity index (χ0n) is 12.0. The molecule has 0 radical (unpaired) electrons. The molecule has 3 rings (SSSR count). The molecule has 108 valence electrons. The molecule has 1 unspecified atom stereocenters. The van der Waals surface area contributed by atoms with Gasteiger partial charge in [-0.15, -0.1) is 11.8 Å². The molecule has 1 aromatic rings. The van der Waals surface area contributed by atoms with Crippen molar-refractivity contribution in [3.05, 3.63) is 29.8 Å². The molecular formula is C16H22N2OS. The van der Waals surface area contributed by atoms with Gasteiger partial charge in [0.05, 0.1) is 5.75 Å². The van der Waals surface area contributed by atoms with Gasteiger partial charge in [0.25, 0.3) is 0 Å². The highest BCUT2D eigenvalue weighted by Gasteiger charge is 2.31. The van der Waals surface area contributed by atoms with Crippen LogP contribution in [-0.4, -0.2) is 36.2 Å². The van der Waals surface area contributed by atoms with Gasteiger partial charge in [0.1, 0.15) is 5.37 Å². The maximum Gasteiger partial charge on any atom is 0.233 e. The quantitative estimate of drug-likeness (QED) is 0.850. The maximum absolute atomic E-state index is 11.9. The van der Waals surface area contributed by atoms with Crippen molar-refractivity contribution < 1.29 is 4.79 Å². The molecule has 0 spiro atoms. The second-order valence-electron chi connectivity index (χ2n) is 5.54. The van der Waals surface area contributed by atoms with Crippen LogP contribution in [0.15, 0.2) is 24.3 Å². The number of thioether (sulfide) groups is 1. The van der Waals surface area contributed by atoms with Crippen molar-refractivity contribution in [3.8, 4) is 0 Å². The number of hydrogen-bond acceptors (Lipinski definition) is 3. The van der Waals surface area contributed by atoms with Crippen molar-refractivity contribution in [1.82, 2.24) is 4.90 Å². The molecule has 4 heteroatoms. The fraction of sp³-hybridized carbons (Fsp3) is 0.562. The van der Waals surface area contributed by atoms with Gasteiger partial charge in [0.2, 0.25) is 5.91 Å². The van der Waals surface area contributed by atoms with Crippen LogP contribution in [0.2, 0.25) is 0 Å². The van der Waals surface area contributed by atoms with Crippen LogP contribution in [0.3, 0.4) is 0 Å². The van der Waals surface area contributed by atoms with E-state index in [9.17, 15) is 4.79 Å². The molecule has 0 aliphatic carbocycles. The molecule has 1 aromatic carbocycles. The van der Waals surface area contributed by atoms with E-state index >= 15 is 0 Å². The molecule has 0 bridgehead atoms. The number of carbonyl (C=O) groups is 1. The Bertz CT molecular complexity index is 468. The van der Waals surface area contributed by atoms with Gasteiger partial charge in [-0.1, -0.05) is 19.1 Å². The number of amides is 1. The summed E-state index contributed by atoms with van der Waals surface area (Å²) < 4.78 is 0. The van der Waals surface area contributed by atoms with E-state index in [4.69, 9.17) is 0 Å². The monoisotopic (exact) mass is 290 g/mol. The van der Waals surface area contributed by atoms with Crippen LogP contribution in [0.4, 0.5) is 5.69 Å². The molecule has 2 fully saturated rings. The lowest BCUT2D eigenvalue weighted by Gasteiger charge is -2.24. The highest BCUT2D eigenvalue weighted by atomic mass is 32.2. The number of hydrogen-bond donors (Lipinski definition) is 0. The van der Waals surface area contributed by atoms with Gasteiger partial charge >= 0.3 is 0 Å². The van der Waals surface area contributed by atoms with Gasteiger partial charge in [-0.05, 0) is 37.0 Å². The fourth-order valence-corrected chi connectivity index (χ4v) is 4.26. The van der Waals surface area contributed by atoms with Crippen molar-refractivity contribution in [3.63, 3.8) is 0 Å². The highest BCUT2D eigenvalue weighted by molar-refractivity contribution is 8.00. The summed E-state index contributed by atoms with van der Waals surface area (Å²) in [5.74, 6) is 0.906. The van der Waals surface area contributed by atoms with Gasteiger partial charge in [0.15, 0.2) is 0 Å². The Morgan fingerprint density at radius 3 is 2.55 bits per heavy atom. The van der Waals surface area contributed by atoms with E-state index in [1.54, 1.807) is 11.8 Å². The lowest BCUT2D eigenvalue weighted by molar-refractivity contribution is -0.128. The standard InChI is InChI=1S/C16H22N2OS/c1-2-9-18-15(19)12-20-16(18)13-5-7-14(8-6-13)17-10-3-4-11-17/h5-8,16H,2-4,9-12H2,1H3. The third-order valence-electron chi connectivity index (χ3n) is 4.08. The molecule has 2 heterocycles. The Hall–Kier alpha value is -1.16. The first-order valence-electron chi connectivity index (χ1n) is 7.55. The van der Waals surface area contributed by atoms with E-state index < -0.39 is 0 Å². The van der Waals surface area contributed by atoms with E-state index in [0.717, 1.165) is 13.0 Å². The molecule has 20 heavy (non-hydrogen) atoms. The van der Waals surface area contributed by atoms with E-state index in [0.29, 0.717) is 5.75 Å². The average molecular weight is 290 g/mol. The predicted octanol–water partition coefficient (Wildman–Crippen LogP) is 3.27. The molecule has 1 amide bonds. The van der Waals surface area contributed by atoms with Crippen LogP contribution in [-0.2, 0) is 4.79 Å². The van der Waals surface area contributed by atoms with Gasteiger partial charge in [-0.25, -0.2) is 0 Å². The molecule has 2 aliphatic rings.